The highest BCUT2D eigenvalue weighted by atomic mass is 32.1. The van der Waals surface area contributed by atoms with Crippen LogP contribution in [0.3, 0.4) is 0 Å². The Hall–Kier alpha value is -2.80. The first-order valence-electron chi connectivity index (χ1n) is 7.96. The number of ether oxygens (including phenoxy) is 1. The van der Waals surface area contributed by atoms with Crippen molar-refractivity contribution in [2.45, 2.75) is 20.0 Å². The summed E-state index contributed by atoms with van der Waals surface area (Å²) in [4.78, 5) is 28.5. The molecule has 0 spiro atoms. The van der Waals surface area contributed by atoms with E-state index in [1.165, 1.54) is 11.3 Å². The molecule has 1 aliphatic heterocycles. The third-order valence-electron chi connectivity index (χ3n) is 3.92. The summed E-state index contributed by atoms with van der Waals surface area (Å²) >= 11 is 1.32. The van der Waals surface area contributed by atoms with E-state index in [1.807, 2.05) is 38.1 Å². The van der Waals surface area contributed by atoms with Crippen molar-refractivity contribution in [2.24, 2.45) is 0 Å². The Balaban J connectivity index is 1.72. The van der Waals surface area contributed by atoms with Gasteiger partial charge in [0, 0.05) is 12.4 Å². The van der Waals surface area contributed by atoms with Gasteiger partial charge >= 0.3 is 0 Å². The number of rotatable bonds is 2. The molecular weight excluding hydrogens is 336 g/mol. The summed E-state index contributed by atoms with van der Waals surface area (Å²) in [5.74, 6) is 1.19. The van der Waals surface area contributed by atoms with Crippen LogP contribution < -0.4 is 9.64 Å². The third-order valence-corrected chi connectivity index (χ3v) is 5.06. The van der Waals surface area contributed by atoms with Crippen molar-refractivity contribution in [2.75, 3.05) is 11.4 Å². The standard InChI is InChI=1S/C18H16N4O2S/c1-11-10-22(13-6-3-4-7-14(13)24-11)18(23)15-12(2)21-17(25-15)16-19-8-5-9-20-16/h3-9,11H,10H2,1-2H3. The fourth-order valence-corrected chi connectivity index (χ4v) is 3.77. The number of hydrogen-bond acceptors (Lipinski definition) is 6. The smallest absolute Gasteiger partial charge is 0.270 e. The van der Waals surface area contributed by atoms with Crippen LogP contribution >= 0.6 is 11.3 Å². The molecule has 0 fully saturated rings. The minimum absolute atomic E-state index is 0.0657. The number of aryl methyl sites for hydroxylation is 1. The first kappa shape index (κ1) is 15.7. The number of carbonyl (C=O) groups excluding carboxylic acids is 1. The fourth-order valence-electron chi connectivity index (χ4n) is 2.80. The van der Waals surface area contributed by atoms with E-state index in [2.05, 4.69) is 15.0 Å². The number of thiazole rings is 1. The Kier molecular flexibility index (Phi) is 3.93. The summed E-state index contributed by atoms with van der Waals surface area (Å²) in [6, 6.07) is 9.34. The van der Waals surface area contributed by atoms with Crippen LogP contribution in [0.2, 0.25) is 0 Å². The second-order valence-corrected chi connectivity index (χ2v) is 6.82. The summed E-state index contributed by atoms with van der Waals surface area (Å²) in [5.41, 5.74) is 1.48. The maximum atomic E-state index is 13.2. The van der Waals surface area contributed by atoms with Gasteiger partial charge in [-0.15, -0.1) is 11.3 Å². The van der Waals surface area contributed by atoms with Crippen molar-refractivity contribution in [3.8, 4) is 16.6 Å². The third kappa shape index (κ3) is 2.87. The zero-order valence-corrected chi connectivity index (χ0v) is 14.7. The van der Waals surface area contributed by atoms with Gasteiger partial charge in [0.1, 0.15) is 16.7 Å². The van der Waals surface area contributed by atoms with E-state index in [4.69, 9.17) is 4.74 Å². The SMILES string of the molecule is Cc1nc(-c2ncccn2)sc1C(=O)N1CC(C)Oc2ccccc21. The van der Waals surface area contributed by atoms with E-state index in [9.17, 15) is 4.79 Å². The molecule has 7 heteroatoms. The van der Waals surface area contributed by atoms with Crippen molar-refractivity contribution in [3.63, 3.8) is 0 Å². The molecule has 0 N–H and O–H groups in total. The van der Waals surface area contributed by atoms with Crippen LogP contribution in [-0.4, -0.2) is 33.5 Å². The van der Waals surface area contributed by atoms with Gasteiger partial charge in [-0.25, -0.2) is 15.0 Å². The van der Waals surface area contributed by atoms with E-state index in [0.717, 1.165) is 11.4 Å². The minimum atomic E-state index is -0.0696. The van der Waals surface area contributed by atoms with Crippen LogP contribution in [0.4, 0.5) is 5.69 Å². The molecule has 4 rings (SSSR count). The lowest BCUT2D eigenvalue weighted by molar-refractivity contribution is 0.0964. The normalized spacial score (nSPS) is 16.2. The number of para-hydroxylation sites is 2. The highest BCUT2D eigenvalue weighted by Crippen LogP contribution is 2.35. The van der Waals surface area contributed by atoms with E-state index in [0.29, 0.717) is 27.9 Å². The van der Waals surface area contributed by atoms with Crippen molar-refractivity contribution in [3.05, 3.63) is 53.3 Å². The molecule has 1 aliphatic rings. The molecular formula is C18H16N4O2S. The van der Waals surface area contributed by atoms with E-state index < -0.39 is 0 Å². The molecule has 0 bridgehead atoms. The van der Waals surface area contributed by atoms with E-state index in [1.54, 1.807) is 23.4 Å². The number of nitrogens with zero attached hydrogens (tertiary/aromatic N) is 4. The average Bonchev–Trinajstić information content (AvgIpc) is 3.03. The van der Waals surface area contributed by atoms with Gasteiger partial charge in [-0.05, 0) is 32.0 Å². The van der Waals surface area contributed by atoms with Crippen molar-refractivity contribution in [1.82, 2.24) is 15.0 Å². The highest BCUT2D eigenvalue weighted by molar-refractivity contribution is 7.17. The predicted octanol–water partition coefficient (Wildman–Crippen LogP) is 3.34. The van der Waals surface area contributed by atoms with Gasteiger partial charge in [0.25, 0.3) is 5.91 Å². The molecule has 3 aromatic rings. The van der Waals surface area contributed by atoms with Gasteiger partial charge in [0.05, 0.1) is 17.9 Å². The summed E-state index contributed by atoms with van der Waals surface area (Å²) in [7, 11) is 0. The number of anilines is 1. The van der Waals surface area contributed by atoms with Gasteiger partial charge in [-0.1, -0.05) is 12.1 Å². The largest absolute Gasteiger partial charge is 0.487 e. The number of carbonyl (C=O) groups is 1. The molecule has 6 nitrogen and oxygen atoms in total. The molecule has 3 heterocycles. The number of fused-ring (bicyclic) bond motifs is 1. The minimum Gasteiger partial charge on any atom is -0.487 e. The summed E-state index contributed by atoms with van der Waals surface area (Å²) in [6.07, 6.45) is 3.27. The molecule has 0 saturated carbocycles. The molecule has 1 atom stereocenters. The topological polar surface area (TPSA) is 68.2 Å². The van der Waals surface area contributed by atoms with Crippen LogP contribution in [-0.2, 0) is 0 Å². The molecule has 0 radical (unpaired) electrons. The quantitative estimate of drug-likeness (QED) is 0.707. The maximum absolute atomic E-state index is 13.2. The van der Waals surface area contributed by atoms with E-state index >= 15 is 0 Å². The Morgan fingerprint density at radius 3 is 2.80 bits per heavy atom. The monoisotopic (exact) mass is 352 g/mol. The van der Waals surface area contributed by atoms with Crippen molar-refractivity contribution < 1.29 is 9.53 Å². The van der Waals surface area contributed by atoms with Crippen LogP contribution in [0.5, 0.6) is 5.75 Å². The molecule has 0 saturated heterocycles. The first-order valence-corrected chi connectivity index (χ1v) is 8.77. The summed E-state index contributed by atoms with van der Waals surface area (Å²) in [6.45, 7) is 4.30. The zero-order valence-electron chi connectivity index (χ0n) is 13.8. The Morgan fingerprint density at radius 1 is 1.24 bits per heavy atom. The van der Waals surface area contributed by atoms with Crippen LogP contribution in [0.15, 0.2) is 42.7 Å². The second-order valence-electron chi connectivity index (χ2n) is 5.82. The summed E-state index contributed by atoms with van der Waals surface area (Å²) < 4.78 is 5.83. The van der Waals surface area contributed by atoms with Gasteiger partial charge in [-0.2, -0.15) is 0 Å². The van der Waals surface area contributed by atoms with Crippen LogP contribution in [0.25, 0.3) is 10.8 Å². The van der Waals surface area contributed by atoms with Crippen LogP contribution in [0.1, 0.15) is 22.3 Å². The number of aromatic nitrogens is 3. The Morgan fingerprint density at radius 2 is 2.00 bits per heavy atom. The fraction of sp³-hybridized carbons (Fsp3) is 0.222. The molecule has 1 aromatic carbocycles. The Bertz CT molecular complexity index is 926. The molecule has 2 aromatic heterocycles. The number of hydrogen-bond donors (Lipinski definition) is 0. The Labute approximate surface area is 149 Å². The lowest BCUT2D eigenvalue weighted by atomic mass is 10.2. The lowest BCUT2D eigenvalue weighted by Crippen LogP contribution is -2.42. The van der Waals surface area contributed by atoms with Gasteiger partial charge in [0.2, 0.25) is 0 Å². The zero-order chi connectivity index (χ0) is 17.4. The molecule has 1 amide bonds. The van der Waals surface area contributed by atoms with Crippen LogP contribution in [0, 0.1) is 6.92 Å². The summed E-state index contributed by atoms with van der Waals surface area (Å²) in [5, 5.41) is 0.649. The van der Waals surface area contributed by atoms with Gasteiger partial charge in [0.15, 0.2) is 10.8 Å². The van der Waals surface area contributed by atoms with Crippen molar-refractivity contribution in [1.29, 1.82) is 0 Å². The molecule has 25 heavy (non-hydrogen) atoms. The van der Waals surface area contributed by atoms with Gasteiger partial charge in [-0.3, -0.25) is 4.79 Å². The predicted molar refractivity (Wildman–Crippen MR) is 96.1 cm³/mol. The maximum Gasteiger partial charge on any atom is 0.270 e. The second kappa shape index (κ2) is 6.25. The first-order chi connectivity index (χ1) is 12.1. The van der Waals surface area contributed by atoms with E-state index in [-0.39, 0.29) is 12.0 Å². The molecule has 1 unspecified atom stereocenters. The lowest BCUT2D eigenvalue weighted by Gasteiger charge is -2.33. The molecule has 126 valence electrons. The van der Waals surface area contributed by atoms with Crippen molar-refractivity contribution >= 4 is 22.9 Å². The number of benzene rings is 1. The average molecular weight is 352 g/mol. The highest BCUT2D eigenvalue weighted by Gasteiger charge is 2.30. The number of amides is 1. The van der Waals surface area contributed by atoms with Gasteiger partial charge < -0.3 is 9.64 Å². The molecule has 0 aliphatic carbocycles.